The highest BCUT2D eigenvalue weighted by Gasteiger charge is 2.30. The summed E-state index contributed by atoms with van der Waals surface area (Å²) in [6, 6.07) is 10.0. The van der Waals surface area contributed by atoms with Crippen LogP contribution < -0.4 is 4.90 Å². The van der Waals surface area contributed by atoms with Gasteiger partial charge >= 0.3 is 0 Å². The zero-order chi connectivity index (χ0) is 16.5. The van der Waals surface area contributed by atoms with Crippen LogP contribution in [-0.4, -0.2) is 12.5 Å². The number of hydrogen-bond acceptors (Lipinski definition) is 2. The minimum absolute atomic E-state index is 0.137. The summed E-state index contributed by atoms with van der Waals surface area (Å²) < 4.78 is 5.65. The molecule has 0 atom stereocenters. The van der Waals surface area contributed by atoms with Crippen molar-refractivity contribution in [1.29, 1.82) is 0 Å². The van der Waals surface area contributed by atoms with E-state index >= 15 is 0 Å². The molecule has 3 nitrogen and oxygen atoms in total. The standard InChI is InChI=1S/C21H23NO2/c1-2-3-4-5-6-7-12-22-18-10-8-9-16-19(18)17(21(22)23)14-15-11-13-24-20(15)16/h8-11,13-14H,2-7,12H2,1H3. The smallest absolute Gasteiger partial charge is 0.259 e. The summed E-state index contributed by atoms with van der Waals surface area (Å²) in [7, 11) is 0. The fourth-order valence-electron chi connectivity index (χ4n) is 3.81. The molecule has 1 aromatic heterocycles. The lowest BCUT2D eigenvalue weighted by Crippen LogP contribution is -2.27. The molecule has 124 valence electrons. The third kappa shape index (κ3) is 2.39. The summed E-state index contributed by atoms with van der Waals surface area (Å²) in [5.41, 5.74) is 2.74. The van der Waals surface area contributed by atoms with Crippen LogP contribution in [0.5, 0.6) is 0 Å². The van der Waals surface area contributed by atoms with Crippen LogP contribution >= 0.6 is 0 Å². The Morgan fingerprint density at radius 3 is 2.75 bits per heavy atom. The highest BCUT2D eigenvalue weighted by Crippen LogP contribution is 2.41. The van der Waals surface area contributed by atoms with Crippen molar-refractivity contribution < 1.29 is 9.21 Å². The second kappa shape index (κ2) is 6.31. The molecule has 1 amide bonds. The fourth-order valence-corrected chi connectivity index (χ4v) is 3.81. The molecule has 0 aliphatic carbocycles. The number of carbonyl (C=O) groups excluding carboxylic acids is 1. The fraction of sp³-hybridized carbons (Fsp3) is 0.381. The molecule has 4 rings (SSSR count). The van der Waals surface area contributed by atoms with Crippen LogP contribution in [0.15, 0.2) is 41.0 Å². The lowest BCUT2D eigenvalue weighted by Gasteiger charge is -2.17. The summed E-state index contributed by atoms with van der Waals surface area (Å²) in [6.07, 6.45) is 9.10. The Morgan fingerprint density at radius 1 is 1.04 bits per heavy atom. The molecule has 3 aromatic rings. The first-order chi connectivity index (χ1) is 11.8. The van der Waals surface area contributed by atoms with E-state index in [-0.39, 0.29) is 5.91 Å². The van der Waals surface area contributed by atoms with Crippen LogP contribution in [0, 0.1) is 0 Å². The van der Waals surface area contributed by atoms with Gasteiger partial charge in [0.15, 0.2) is 0 Å². The highest BCUT2D eigenvalue weighted by molar-refractivity contribution is 6.29. The minimum atomic E-state index is 0.137. The van der Waals surface area contributed by atoms with Crippen molar-refractivity contribution in [2.24, 2.45) is 0 Å². The third-order valence-corrected chi connectivity index (χ3v) is 5.05. The van der Waals surface area contributed by atoms with Gasteiger partial charge in [0.25, 0.3) is 5.91 Å². The Labute approximate surface area is 142 Å². The van der Waals surface area contributed by atoms with Crippen molar-refractivity contribution in [1.82, 2.24) is 0 Å². The van der Waals surface area contributed by atoms with Gasteiger partial charge in [0.05, 0.1) is 17.5 Å². The zero-order valence-corrected chi connectivity index (χ0v) is 14.2. The summed E-state index contributed by atoms with van der Waals surface area (Å²) in [4.78, 5) is 14.9. The maximum absolute atomic E-state index is 12.9. The normalized spacial score (nSPS) is 13.5. The van der Waals surface area contributed by atoms with Crippen LogP contribution in [0.3, 0.4) is 0 Å². The van der Waals surface area contributed by atoms with Crippen molar-refractivity contribution in [3.8, 4) is 0 Å². The Bertz CT molecular complexity index is 893. The van der Waals surface area contributed by atoms with Gasteiger partial charge in [-0.1, -0.05) is 51.2 Å². The summed E-state index contributed by atoms with van der Waals surface area (Å²) in [5.74, 6) is 0.137. The number of anilines is 1. The van der Waals surface area contributed by atoms with Crippen LogP contribution in [-0.2, 0) is 0 Å². The van der Waals surface area contributed by atoms with E-state index in [2.05, 4.69) is 19.1 Å². The Balaban J connectivity index is 1.60. The maximum Gasteiger partial charge on any atom is 0.259 e. The van der Waals surface area contributed by atoms with Crippen LogP contribution in [0.25, 0.3) is 21.7 Å². The quantitative estimate of drug-likeness (QED) is 0.507. The topological polar surface area (TPSA) is 33.5 Å². The predicted molar refractivity (Wildman–Crippen MR) is 98.8 cm³/mol. The van der Waals surface area contributed by atoms with E-state index in [0.717, 1.165) is 46.0 Å². The molecule has 0 spiro atoms. The first-order valence-corrected chi connectivity index (χ1v) is 9.06. The number of amides is 1. The van der Waals surface area contributed by atoms with Crippen LogP contribution in [0.4, 0.5) is 5.69 Å². The molecule has 0 bridgehead atoms. The second-order valence-electron chi connectivity index (χ2n) is 6.69. The van der Waals surface area contributed by atoms with E-state index in [1.165, 1.54) is 32.1 Å². The molecular formula is C21H23NO2. The van der Waals surface area contributed by atoms with Crippen molar-refractivity contribution in [3.63, 3.8) is 0 Å². The lowest BCUT2D eigenvalue weighted by molar-refractivity contribution is 0.0993. The van der Waals surface area contributed by atoms with E-state index in [4.69, 9.17) is 4.42 Å². The number of carbonyl (C=O) groups is 1. The van der Waals surface area contributed by atoms with E-state index < -0.39 is 0 Å². The largest absolute Gasteiger partial charge is 0.464 e. The molecular weight excluding hydrogens is 298 g/mol. The van der Waals surface area contributed by atoms with Crippen molar-refractivity contribution >= 4 is 33.3 Å². The molecule has 24 heavy (non-hydrogen) atoms. The van der Waals surface area contributed by atoms with Gasteiger partial charge in [0, 0.05) is 22.7 Å². The molecule has 3 heteroatoms. The summed E-state index contributed by atoms with van der Waals surface area (Å²) in [6.45, 7) is 3.04. The number of nitrogens with zero attached hydrogens (tertiary/aromatic N) is 1. The van der Waals surface area contributed by atoms with Gasteiger partial charge in [-0.25, -0.2) is 0 Å². The Morgan fingerprint density at radius 2 is 1.88 bits per heavy atom. The van der Waals surface area contributed by atoms with Gasteiger partial charge in [-0.3, -0.25) is 4.79 Å². The van der Waals surface area contributed by atoms with Crippen molar-refractivity contribution in [3.05, 3.63) is 42.2 Å². The molecule has 1 aliphatic rings. The first-order valence-electron chi connectivity index (χ1n) is 9.06. The minimum Gasteiger partial charge on any atom is -0.464 e. The van der Waals surface area contributed by atoms with E-state index in [1.54, 1.807) is 6.26 Å². The van der Waals surface area contributed by atoms with E-state index in [1.807, 2.05) is 23.1 Å². The lowest BCUT2D eigenvalue weighted by atomic mass is 10.0. The first kappa shape index (κ1) is 15.3. The van der Waals surface area contributed by atoms with Crippen LogP contribution in [0.2, 0.25) is 0 Å². The van der Waals surface area contributed by atoms with Gasteiger partial charge < -0.3 is 9.32 Å². The number of hydrogen-bond donors (Lipinski definition) is 0. The molecule has 2 aromatic carbocycles. The van der Waals surface area contributed by atoms with Crippen molar-refractivity contribution in [2.75, 3.05) is 11.4 Å². The average Bonchev–Trinajstić information content (AvgIpc) is 3.17. The van der Waals surface area contributed by atoms with Gasteiger partial charge in [0.1, 0.15) is 5.58 Å². The Hall–Kier alpha value is -2.29. The van der Waals surface area contributed by atoms with E-state index in [9.17, 15) is 4.79 Å². The number of fused-ring (bicyclic) bond motifs is 2. The molecule has 0 radical (unpaired) electrons. The number of benzene rings is 2. The zero-order valence-electron chi connectivity index (χ0n) is 14.2. The summed E-state index contributed by atoms with van der Waals surface area (Å²) in [5, 5.41) is 3.10. The molecule has 1 aliphatic heterocycles. The van der Waals surface area contributed by atoms with Crippen LogP contribution in [0.1, 0.15) is 55.8 Å². The second-order valence-corrected chi connectivity index (χ2v) is 6.69. The molecule has 0 saturated carbocycles. The average molecular weight is 321 g/mol. The molecule has 2 heterocycles. The molecule has 0 N–H and O–H groups in total. The van der Waals surface area contributed by atoms with Gasteiger partial charge in [-0.05, 0) is 24.6 Å². The predicted octanol–water partition coefficient (Wildman–Crippen LogP) is 5.91. The number of unbranched alkanes of at least 4 members (excludes halogenated alkanes) is 5. The van der Waals surface area contributed by atoms with Gasteiger partial charge in [0.2, 0.25) is 0 Å². The van der Waals surface area contributed by atoms with Crippen molar-refractivity contribution in [2.45, 2.75) is 45.4 Å². The highest BCUT2D eigenvalue weighted by atomic mass is 16.3. The maximum atomic E-state index is 12.9. The Kier molecular flexibility index (Phi) is 4.01. The number of furan rings is 1. The molecule has 0 saturated heterocycles. The van der Waals surface area contributed by atoms with Gasteiger partial charge in [-0.2, -0.15) is 0 Å². The number of rotatable bonds is 7. The SMILES string of the molecule is CCCCCCCCN1C(=O)c2cc3ccoc3c3cccc1c23. The van der Waals surface area contributed by atoms with E-state index in [0.29, 0.717) is 0 Å². The van der Waals surface area contributed by atoms with Gasteiger partial charge in [-0.15, -0.1) is 0 Å². The molecule has 0 fully saturated rings. The summed E-state index contributed by atoms with van der Waals surface area (Å²) >= 11 is 0. The molecule has 0 unspecified atom stereocenters. The third-order valence-electron chi connectivity index (χ3n) is 5.05. The monoisotopic (exact) mass is 321 g/mol.